The topological polar surface area (TPSA) is 61.2 Å². The Balaban J connectivity index is 2.18. The Bertz CT molecular complexity index is 644. The van der Waals surface area contributed by atoms with Crippen molar-refractivity contribution in [1.82, 2.24) is 9.55 Å². The average Bonchev–Trinajstić information content (AvgIpc) is 3.10. The van der Waals surface area contributed by atoms with E-state index in [0.717, 1.165) is 5.69 Å². The highest BCUT2D eigenvalue weighted by Crippen LogP contribution is 2.60. The molecule has 1 fully saturated rings. The highest BCUT2D eigenvalue weighted by molar-refractivity contribution is 5.85. The summed E-state index contributed by atoms with van der Waals surface area (Å²) in [6, 6.07) is -0.135. The molecule has 0 aromatic carbocycles. The monoisotopic (exact) mass is 246 g/mol. The highest BCUT2D eigenvalue weighted by Gasteiger charge is 2.62. The van der Waals surface area contributed by atoms with E-state index >= 15 is 0 Å². The van der Waals surface area contributed by atoms with Gasteiger partial charge in [0.2, 0.25) is 0 Å². The lowest BCUT2D eigenvalue weighted by molar-refractivity contribution is -0.145. The smallest absolute Gasteiger partial charge is 0.317 e. The van der Waals surface area contributed by atoms with Crippen molar-refractivity contribution in [3.8, 4) is 0 Å². The molecule has 2 heterocycles. The summed E-state index contributed by atoms with van der Waals surface area (Å²) in [5.41, 5.74) is 0.675. The molecule has 0 spiro atoms. The van der Waals surface area contributed by atoms with E-state index in [1.165, 1.54) is 7.11 Å². The summed E-state index contributed by atoms with van der Waals surface area (Å²) < 4.78 is 6.44. The third kappa shape index (κ3) is 1.19. The number of methoxy groups -OCH3 is 1. The van der Waals surface area contributed by atoms with Crippen LogP contribution in [0.25, 0.3) is 6.08 Å². The van der Waals surface area contributed by atoms with Crippen molar-refractivity contribution in [3.63, 3.8) is 0 Å². The fourth-order valence-electron chi connectivity index (χ4n) is 2.63. The van der Waals surface area contributed by atoms with Gasteiger partial charge >= 0.3 is 5.97 Å². The molecule has 0 saturated heterocycles. The fourth-order valence-corrected chi connectivity index (χ4v) is 2.63. The Hall–Kier alpha value is -1.91. The highest BCUT2D eigenvalue weighted by atomic mass is 16.5. The van der Waals surface area contributed by atoms with Crippen molar-refractivity contribution < 1.29 is 9.53 Å². The van der Waals surface area contributed by atoms with Crippen molar-refractivity contribution in [3.05, 3.63) is 33.5 Å². The van der Waals surface area contributed by atoms with Gasteiger partial charge in [0.05, 0.1) is 13.2 Å². The molecular weight excluding hydrogens is 232 g/mol. The quantitative estimate of drug-likeness (QED) is 0.693. The average molecular weight is 246 g/mol. The van der Waals surface area contributed by atoms with Crippen LogP contribution in [0.4, 0.5) is 0 Å². The van der Waals surface area contributed by atoms with Crippen LogP contribution in [-0.2, 0) is 9.53 Å². The Morgan fingerprint density at radius 3 is 2.94 bits per heavy atom. The number of aryl methyl sites for hydroxylation is 1. The van der Waals surface area contributed by atoms with Crippen molar-refractivity contribution in [2.75, 3.05) is 7.11 Å². The van der Waals surface area contributed by atoms with E-state index < -0.39 is 5.41 Å². The first-order valence-electron chi connectivity index (χ1n) is 5.88. The molecule has 5 heteroatoms. The molecule has 1 saturated carbocycles. The normalized spacial score (nSPS) is 27.4. The molecule has 2 unspecified atom stereocenters. The number of fused-ring (bicyclic) bond motifs is 3. The van der Waals surface area contributed by atoms with Gasteiger partial charge in [0.25, 0.3) is 5.56 Å². The predicted molar refractivity (Wildman–Crippen MR) is 65.1 cm³/mol. The van der Waals surface area contributed by atoms with Gasteiger partial charge in [0, 0.05) is 11.3 Å². The van der Waals surface area contributed by atoms with Crippen LogP contribution in [0.5, 0.6) is 0 Å². The van der Waals surface area contributed by atoms with Gasteiger partial charge in [-0.3, -0.25) is 14.2 Å². The van der Waals surface area contributed by atoms with Gasteiger partial charge in [0.1, 0.15) is 11.2 Å². The molecule has 2 atom stereocenters. The van der Waals surface area contributed by atoms with Gasteiger partial charge < -0.3 is 4.74 Å². The van der Waals surface area contributed by atoms with Crippen molar-refractivity contribution in [2.45, 2.75) is 26.3 Å². The van der Waals surface area contributed by atoms with E-state index in [9.17, 15) is 9.59 Å². The van der Waals surface area contributed by atoms with Crippen LogP contribution in [0.1, 0.15) is 29.5 Å². The van der Waals surface area contributed by atoms with Crippen molar-refractivity contribution in [2.24, 2.45) is 5.41 Å². The van der Waals surface area contributed by atoms with Crippen LogP contribution in [-0.4, -0.2) is 22.6 Å². The van der Waals surface area contributed by atoms with Crippen LogP contribution in [0.3, 0.4) is 0 Å². The van der Waals surface area contributed by atoms with E-state index in [1.54, 1.807) is 17.6 Å². The first-order chi connectivity index (χ1) is 8.51. The van der Waals surface area contributed by atoms with Crippen LogP contribution in [0.15, 0.2) is 10.9 Å². The molecule has 0 amide bonds. The number of nitrogens with zero attached hydrogens (tertiary/aromatic N) is 2. The number of rotatable bonds is 1. The summed E-state index contributed by atoms with van der Waals surface area (Å²) >= 11 is 0. The maximum Gasteiger partial charge on any atom is 0.317 e. The Labute approximate surface area is 104 Å². The fraction of sp³-hybridized carbons (Fsp3) is 0.462. The number of carbonyl (C=O) groups is 1. The van der Waals surface area contributed by atoms with Crippen molar-refractivity contribution in [1.29, 1.82) is 0 Å². The lowest BCUT2D eigenvalue weighted by Crippen LogP contribution is -2.32. The number of ether oxygens (including phenoxy) is 1. The van der Waals surface area contributed by atoms with E-state index in [1.807, 2.05) is 13.0 Å². The summed E-state index contributed by atoms with van der Waals surface area (Å²) in [6.45, 7) is 3.58. The predicted octanol–water partition coefficient (Wildman–Crippen LogP) is 0.991. The van der Waals surface area contributed by atoms with Gasteiger partial charge in [-0.1, -0.05) is 6.08 Å². The van der Waals surface area contributed by atoms with Gasteiger partial charge in [-0.25, -0.2) is 4.98 Å². The molecule has 1 aromatic heterocycles. The maximum absolute atomic E-state index is 12.3. The molecule has 94 valence electrons. The Morgan fingerprint density at radius 1 is 1.56 bits per heavy atom. The SMILES string of the molecule is COC(=O)C12C=Cc3nc(C)c(C)c(=O)n3C1C2. The molecule has 5 nitrogen and oxygen atoms in total. The molecule has 18 heavy (non-hydrogen) atoms. The number of aromatic nitrogens is 2. The zero-order valence-electron chi connectivity index (χ0n) is 10.6. The summed E-state index contributed by atoms with van der Waals surface area (Å²) in [6.07, 6.45) is 4.18. The molecular formula is C13H14N2O3. The second-order valence-electron chi connectivity index (χ2n) is 4.94. The van der Waals surface area contributed by atoms with Crippen LogP contribution in [0, 0.1) is 19.3 Å². The summed E-state index contributed by atoms with van der Waals surface area (Å²) in [4.78, 5) is 28.4. The summed E-state index contributed by atoms with van der Waals surface area (Å²) in [7, 11) is 1.37. The molecule has 0 radical (unpaired) electrons. The number of hydrogen-bond acceptors (Lipinski definition) is 4. The van der Waals surface area contributed by atoms with E-state index in [-0.39, 0.29) is 17.6 Å². The minimum atomic E-state index is -0.644. The third-order valence-electron chi connectivity index (χ3n) is 3.98. The van der Waals surface area contributed by atoms with E-state index in [0.29, 0.717) is 17.8 Å². The summed E-state index contributed by atoms with van der Waals surface area (Å²) in [5, 5.41) is 0. The third-order valence-corrected chi connectivity index (χ3v) is 3.98. The van der Waals surface area contributed by atoms with Crippen LogP contribution >= 0.6 is 0 Å². The largest absolute Gasteiger partial charge is 0.468 e. The molecule has 0 bridgehead atoms. The number of carbonyl (C=O) groups excluding carboxylic acids is 1. The van der Waals surface area contributed by atoms with Crippen molar-refractivity contribution >= 4 is 12.0 Å². The number of esters is 1. The van der Waals surface area contributed by atoms with E-state index in [2.05, 4.69) is 4.98 Å². The molecule has 1 aromatic rings. The molecule has 1 aliphatic carbocycles. The van der Waals surface area contributed by atoms with Crippen LogP contribution < -0.4 is 5.56 Å². The van der Waals surface area contributed by atoms with Gasteiger partial charge in [-0.2, -0.15) is 0 Å². The van der Waals surface area contributed by atoms with E-state index in [4.69, 9.17) is 4.74 Å². The van der Waals surface area contributed by atoms with Gasteiger partial charge in [-0.15, -0.1) is 0 Å². The first-order valence-corrected chi connectivity index (χ1v) is 5.88. The number of hydrogen-bond donors (Lipinski definition) is 0. The molecule has 0 N–H and O–H groups in total. The zero-order valence-corrected chi connectivity index (χ0v) is 10.6. The molecule has 1 aliphatic heterocycles. The lowest BCUT2D eigenvalue weighted by atomic mass is 10.0. The minimum absolute atomic E-state index is 0.0578. The Kier molecular flexibility index (Phi) is 2.06. The molecule has 3 rings (SSSR count). The lowest BCUT2D eigenvalue weighted by Gasteiger charge is -2.19. The second kappa shape index (κ2) is 3.31. The molecule has 2 aliphatic rings. The van der Waals surface area contributed by atoms with Crippen LogP contribution in [0.2, 0.25) is 0 Å². The first kappa shape index (κ1) is 11.2. The zero-order chi connectivity index (χ0) is 13.1. The van der Waals surface area contributed by atoms with Gasteiger partial charge in [0.15, 0.2) is 0 Å². The van der Waals surface area contributed by atoms with Gasteiger partial charge in [-0.05, 0) is 26.3 Å². The minimum Gasteiger partial charge on any atom is -0.468 e. The standard InChI is InChI=1S/C13H14N2O3/c1-7-8(2)14-10-4-5-13(12(17)18-3)6-9(13)15(10)11(7)16/h4-5,9H,6H2,1-3H3. The summed E-state index contributed by atoms with van der Waals surface area (Å²) in [5.74, 6) is 0.352. The maximum atomic E-state index is 12.3. The Morgan fingerprint density at radius 2 is 2.28 bits per heavy atom. The second-order valence-corrected chi connectivity index (χ2v) is 4.94.